The van der Waals surface area contributed by atoms with Crippen molar-refractivity contribution < 1.29 is 28.5 Å². The van der Waals surface area contributed by atoms with E-state index in [1.807, 2.05) is 35.0 Å². The van der Waals surface area contributed by atoms with E-state index in [1.54, 1.807) is 57.1 Å². The van der Waals surface area contributed by atoms with Crippen molar-refractivity contribution in [3.63, 3.8) is 0 Å². The number of fused-ring (bicyclic) bond motifs is 1. The molecule has 0 saturated heterocycles. The Labute approximate surface area is 252 Å². The summed E-state index contributed by atoms with van der Waals surface area (Å²) in [5.74, 6) is 1.92. The second kappa shape index (κ2) is 12.6. The Hall–Kier alpha value is -5.81. The van der Waals surface area contributed by atoms with Gasteiger partial charge >= 0.3 is 0 Å². The van der Waals surface area contributed by atoms with Crippen LogP contribution in [0.5, 0.6) is 23.0 Å². The van der Waals surface area contributed by atoms with E-state index in [0.717, 1.165) is 5.69 Å². The fourth-order valence-electron chi connectivity index (χ4n) is 4.66. The highest BCUT2D eigenvalue weighted by Gasteiger charge is 2.21. The zero-order valence-corrected chi connectivity index (χ0v) is 23.9. The van der Waals surface area contributed by atoms with Crippen molar-refractivity contribution in [3.8, 4) is 28.7 Å². The number of carbonyl (C=O) groups excluding carboxylic acids is 2. The van der Waals surface area contributed by atoms with E-state index in [9.17, 15) is 9.59 Å². The van der Waals surface area contributed by atoms with Crippen LogP contribution in [0.15, 0.2) is 97.9 Å². The van der Waals surface area contributed by atoms with Gasteiger partial charge in [-0.25, -0.2) is 15.0 Å². The Balaban J connectivity index is 1.34. The van der Waals surface area contributed by atoms with E-state index in [2.05, 4.69) is 20.3 Å². The van der Waals surface area contributed by atoms with Gasteiger partial charge < -0.3 is 28.8 Å². The summed E-state index contributed by atoms with van der Waals surface area (Å²) in [5, 5.41) is 4.01. The molecule has 0 saturated carbocycles. The van der Waals surface area contributed by atoms with Gasteiger partial charge in [-0.15, -0.1) is 0 Å². The van der Waals surface area contributed by atoms with E-state index in [-0.39, 0.29) is 17.1 Å². The number of methoxy groups -OCH3 is 2. The van der Waals surface area contributed by atoms with Crippen molar-refractivity contribution in [2.24, 2.45) is 0 Å². The summed E-state index contributed by atoms with van der Waals surface area (Å²) in [7, 11) is 3.16. The molecule has 3 aromatic carbocycles. The molecular formula is C33H27N5O6. The number of benzene rings is 3. The number of hydrogen-bond donors (Lipinski definition) is 1. The quantitative estimate of drug-likeness (QED) is 0.156. The predicted octanol–water partition coefficient (Wildman–Crippen LogP) is 5.48. The number of nitrogens with zero attached hydrogens (tertiary/aromatic N) is 4. The van der Waals surface area contributed by atoms with Gasteiger partial charge in [0.1, 0.15) is 30.3 Å². The normalized spacial score (nSPS) is 12.7. The first-order chi connectivity index (χ1) is 21.5. The van der Waals surface area contributed by atoms with E-state index >= 15 is 0 Å². The summed E-state index contributed by atoms with van der Waals surface area (Å²) in [6.45, 7) is 0.781. The molecule has 1 aliphatic rings. The molecule has 0 bridgehead atoms. The van der Waals surface area contributed by atoms with E-state index in [0.29, 0.717) is 64.2 Å². The highest BCUT2D eigenvalue weighted by atomic mass is 16.5. The second-order valence-corrected chi connectivity index (χ2v) is 9.64. The van der Waals surface area contributed by atoms with Crippen LogP contribution in [0.1, 0.15) is 5.56 Å². The first-order valence-corrected chi connectivity index (χ1v) is 13.6. The number of hydrogen-bond acceptors (Lipinski definition) is 10. The third kappa shape index (κ3) is 6.03. The molecule has 2 heterocycles. The van der Waals surface area contributed by atoms with Crippen LogP contribution in [0.3, 0.4) is 0 Å². The van der Waals surface area contributed by atoms with E-state index < -0.39 is 0 Å². The van der Waals surface area contributed by atoms with E-state index in [1.165, 1.54) is 24.6 Å². The Kier molecular flexibility index (Phi) is 8.10. The minimum atomic E-state index is -0.305. The molecular weight excluding hydrogens is 562 g/mol. The zero-order chi connectivity index (χ0) is 30.5. The number of nitrogens with one attached hydrogen (secondary N) is 1. The number of anilines is 2. The lowest BCUT2D eigenvalue weighted by molar-refractivity contribution is -0.113. The average molecular weight is 590 g/mol. The van der Waals surface area contributed by atoms with Crippen LogP contribution in [0, 0.1) is 0 Å². The van der Waals surface area contributed by atoms with Crippen LogP contribution in [0.4, 0.5) is 11.5 Å². The molecule has 11 heteroatoms. The van der Waals surface area contributed by atoms with Crippen LogP contribution in [-0.4, -0.2) is 58.5 Å². The first kappa shape index (κ1) is 28.3. The molecule has 2 aromatic heterocycles. The molecule has 1 aliphatic carbocycles. The number of allylic oxidation sites excluding steroid dienone is 4. The molecule has 11 nitrogen and oxygen atoms in total. The first-order valence-electron chi connectivity index (χ1n) is 13.6. The van der Waals surface area contributed by atoms with Crippen LogP contribution in [-0.2, 0) is 14.3 Å². The highest BCUT2D eigenvalue weighted by Crippen LogP contribution is 2.38. The number of imidazole rings is 1. The minimum absolute atomic E-state index is 0.221. The molecule has 1 N–H and O–H groups in total. The van der Waals surface area contributed by atoms with Gasteiger partial charge in [-0.05, 0) is 66.8 Å². The summed E-state index contributed by atoms with van der Waals surface area (Å²) in [5.41, 5.74) is 2.83. The van der Waals surface area contributed by atoms with Crippen LogP contribution in [0.25, 0.3) is 22.2 Å². The largest absolute Gasteiger partial charge is 0.493 e. The van der Waals surface area contributed by atoms with Crippen LogP contribution < -0.4 is 19.5 Å². The van der Waals surface area contributed by atoms with Crippen LogP contribution in [0.2, 0.25) is 0 Å². The van der Waals surface area contributed by atoms with Crippen molar-refractivity contribution in [2.75, 3.05) is 32.8 Å². The zero-order valence-electron chi connectivity index (χ0n) is 23.9. The van der Waals surface area contributed by atoms with Gasteiger partial charge in [-0.2, -0.15) is 0 Å². The number of carbonyl (C=O) groups is 2. The standard InChI is InChI=1S/C33H27N5O6/c1-41-13-14-43-32-18-28-27(17-31(32)42-2)33(36-19-35-28)37-21-3-10-30(26(15-21)25-16-23(39)6-9-29(25)40)44-24-7-4-22(5-8-24)38-12-11-34-20-38/h3-12,15-20H,13-14H2,1-2H3,(H,35,36,37). The molecule has 0 amide bonds. The van der Waals surface area contributed by atoms with Crippen molar-refractivity contribution in [1.82, 2.24) is 19.5 Å². The van der Waals surface area contributed by atoms with Crippen molar-refractivity contribution >= 4 is 39.5 Å². The van der Waals surface area contributed by atoms with Crippen molar-refractivity contribution in [3.05, 3.63) is 103 Å². The summed E-state index contributed by atoms with van der Waals surface area (Å²) >= 11 is 0. The fourth-order valence-corrected chi connectivity index (χ4v) is 4.66. The van der Waals surface area contributed by atoms with Gasteiger partial charge in [0.15, 0.2) is 23.1 Å². The molecule has 44 heavy (non-hydrogen) atoms. The van der Waals surface area contributed by atoms with Gasteiger partial charge in [0, 0.05) is 53.5 Å². The maximum absolute atomic E-state index is 12.9. The maximum Gasteiger partial charge on any atom is 0.186 e. The molecule has 6 rings (SSSR count). The number of ketones is 2. The van der Waals surface area contributed by atoms with Crippen molar-refractivity contribution in [2.45, 2.75) is 0 Å². The van der Waals surface area contributed by atoms with Crippen LogP contribution >= 0.6 is 0 Å². The predicted molar refractivity (Wildman–Crippen MR) is 164 cm³/mol. The molecule has 0 unspecified atom stereocenters. The molecule has 0 aliphatic heterocycles. The SMILES string of the molecule is COCCOc1cc2ncnc(Nc3ccc(Oc4ccc(-n5ccnc5)cc4)c(C4=CC(=O)C=CC4=O)c3)c2cc1OC. The second-order valence-electron chi connectivity index (χ2n) is 9.64. The van der Waals surface area contributed by atoms with Gasteiger partial charge in [-0.3, -0.25) is 9.59 Å². The smallest absolute Gasteiger partial charge is 0.186 e. The Morgan fingerprint density at radius 1 is 0.886 bits per heavy atom. The molecule has 5 aromatic rings. The fraction of sp³-hybridized carbons (Fsp3) is 0.121. The molecule has 0 radical (unpaired) electrons. The topological polar surface area (TPSA) is 127 Å². The van der Waals surface area contributed by atoms with Gasteiger partial charge in [0.2, 0.25) is 0 Å². The maximum atomic E-state index is 12.9. The lowest BCUT2D eigenvalue weighted by Gasteiger charge is -2.17. The monoisotopic (exact) mass is 589 g/mol. The highest BCUT2D eigenvalue weighted by molar-refractivity contribution is 6.34. The van der Waals surface area contributed by atoms with Crippen molar-refractivity contribution in [1.29, 1.82) is 0 Å². The summed E-state index contributed by atoms with van der Waals surface area (Å²) in [6.07, 6.45) is 10.5. The Bertz CT molecular complexity index is 1900. The van der Waals surface area contributed by atoms with Gasteiger partial charge in [-0.1, -0.05) is 0 Å². The molecule has 0 atom stereocenters. The number of ether oxygens (including phenoxy) is 4. The summed E-state index contributed by atoms with van der Waals surface area (Å²) in [4.78, 5) is 38.1. The summed E-state index contributed by atoms with van der Waals surface area (Å²) in [6, 6.07) is 16.3. The number of aromatic nitrogens is 4. The third-order valence-electron chi connectivity index (χ3n) is 6.82. The van der Waals surface area contributed by atoms with E-state index in [4.69, 9.17) is 18.9 Å². The molecule has 0 fully saturated rings. The third-order valence-corrected chi connectivity index (χ3v) is 6.82. The number of rotatable bonds is 11. The minimum Gasteiger partial charge on any atom is -0.493 e. The molecule has 220 valence electrons. The van der Waals surface area contributed by atoms with Gasteiger partial charge in [0.05, 0.1) is 25.6 Å². The molecule has 0 spiro atoms. The lowest BCUT2D eigenvalue weighted by Crippen LogP contribution is -2.08. The lowest BCUT2D eigenvalue weighted by atomic mass is 9.95. The van der Waals surface area contributed by atoms with Gasteiger partial charge in [0.25, 0.3) is 0 Å². The average Bonchev–Trinajstić information content (AvgIpc) is 3.59. The Morgan fingerprint density at radius 2 is 1.75 bits per heavy atom. The Morgan fingerprint density at radius 3 is 2.52 bits per heavy atom. The summed E-state index contributed by atoms with van der Waals surface area (Å²) < 4.78 is 24.5.